The first-order valence-electron chi connectivity index (χ1n) is 5.03. The molecule has 0 fully saturated rings. The normalized spacial score (nSPS) is 14.7. The molecular weight excluding hydrogens is 262 g/mol. The van der Waals surface area contributed by atoms with Gasteiger partial charge in [-0.2, -0.15) is 26.3 Å². The number of hydrogen-bond acceptors (Lipinski definition) is 1. The molecule has 1 aromatic carbocycles. The van der Waals surface area contributed by atoms with E-state index in [1.807, 2.05) is 0 Å². The zero-order valence-electron chi connectivity index (χ0n) is 9.23. The van der Waals surface area contributed by atoms with Crippen molar-refractivity contribution in [1.29, 1.82) is 0 Å². The molecule has 0 radical (unpaired) electrons. The van der Waals surface area contributed by atoms with Crippen molar-refractivity contribution in [1.82, 2.24) is 0 Å². The number of aliphatic hydroxyl groups excluding tert-OH is 1. The Bertz CT molecular complexity index is 421. The topological polar surface area (TPSA) is 20.2 Å². The Hall–Kier alpha value is -1.24. The second kappa shape index (κ2) is 4.79. The summed E-state index contributed by atoms with van der Waals surface area (Å²) in [4.78, 5) is 0. The molecule has 1 atom stereocenters. The minimum Gasteiger partial charge on any atom is -0.388 e. The van der Waals surface area contributed by atoms with E-state index in [-0.39, 0.29) is 6.42 Å². The minimum absolute atomic E-state index is 0.107. The van der Waals surface area contributed by atoms with Gasteiger partial charge in [-0.15, -0.1) is 0 Å². The molecule has 1 aromatic rings. The van der Waals surface area contributed by atoms with Crippen LogP contribution in [-0.4, -0.2) is 5.11 Å². The second-order valence-electron chi connectivity index (χ2n) is 3.72. The monoisotopic (exact) mass is 272 g/mol. The number of benzene rings is 1. The number of hydrogen-bond donors (Lipinski definition) is 1. The van der Waals surface area contributed by atoms with Gasteiger partial charge >= 0.3 is 12.4 Å². The fraction of sp³-hybridized carbons (Fsp3) is 0.455. The summed E-state index contributed by atoms with van der Waals surface area (Å²) in [6.07, 6.45) is -11.2. The number of aliphatic hydroxyl groups is 1. The lowest BCUT2D eigenvalue weighted by Gasteiger charge is -2.18. The molecule has 7 heteroatoms. The molecule has 0 heterocycles. The molecule has 0 aliphatic rings. The van der Waals surface area contributed by atoms with Gasteiger partial charge in [0.15, 0.2) is 0 Å². The van der Waals surface area contributed by atoms with Gasteiger partial charge in [-0.25, -0.2) is 0 Å². The van der Waals surface area contributed by atoms with Crippen molar-refractivity contribution in [2.45, 2.75) is 31.8 Å². The maximum absolute atomic E-state index is 12.6. The van der Waals surface area contributed by atoms with Crippen molar-refractivity contribution in [3.8, 4) is 0 Å². The molecule has 1 N–H and O–H groups in total. The number of halogens is 6. The van der Waals surface area contributed by atoms with Crippen LogP contribution in [0.25, 0.3) is 0 Å². The van der Waals surface area contributed by atoms with E-state index >= 15 is 0 Å². The third kappa shape index (κ3) is 3.16. The van der Waals surface area contributed by atoms with Crippen LogP contribution in [0.4, 0.5) is 26.3 Å². The van der Waals surface area contributed by atoms with Crippen molar-refractivity contribution >= 4 is 0 Å². The van der Waals surface area contributed by atoms with Gasteiger partial charge in [-0.05, 0) is 30.2 Å². The van der Waals surface area contributed by atoms with Crippen LogP contribution in [0.2, 0.25) is 0 Å². The van der Waals surface area contributed by atoms with Gasteiger partial charge in [0.2, 0.25) is 0 Å². The van der Waals surface area contributed by atoms with Crippen molar-refractivity contribution in [3.05, 3.63) is 34.9 Å². The zero-order chi connectivity index (χ0) is 14.1. The lowest BCUT2D eigenvalue weighted by Crippen LogP contribution is -2.14. The molecule has 0 saturated heterocycles. The first-order chi connectivity index (χ1) is 8.07. The maximum Gasteiger partial charge on any atom is 0.416 e. The smallest absolute Gasteiger partial charge is 0.388 e. The highest BCUT2D eigenvalue weighted by atomic mass is 19.4. The highest BCUT2D eigenvalue weighted by Crippen LogP contribution is 2.39. The molecule has 0 bridgehead atoms. The average Bonchev–Trinajstić information content (AvgIpc) is 2.24. The third-order valence-electron chi connectivity index (χ3n) is 2.43. The summed E-state index contributed by atoms with van der Waals surface area (Å²) in [5, 5.41) is 9.40. The van der Waals surface area contributed by atoms with Gasteiger partial charge in [0.25, 0.3) is 0 Å². The maximum atomic E-state index is 12.6. The van der Waals surface area contributed by atoms with Crippen LogP contribution in [-0.2, 0) is 12.4 Å². The fourth-order valence-electron chi connectivity index (χ4n) is 1.49. The van der Waals surface area contributed by atoms with E-state index in [2.05, 4.69) is 0 Å². The Balaban J connectivity index is 3.39. The van der Waals surface area contributed by atoms with Crippen LogP contribution in [0.15, 0.2) is 18.2 Å². The molecule has 0 aliphatic heterocycles. The van der Waals surface area contributed by atoms with Crippen LogP contribution < -0.4 is 0 Å². The van der Waals surface area contributed by atoms with Crippen LogP contribution in [0.1, 0.15) is 36.1 Å². The predicted molar refractivity (Wildman–Crippen MR) is 51.7 cm³/mol. The van der Waals surface area contributed by atoms with Crippen molar-refractivity contribution in [2.24, 2.45) is 0 Å². The summed E-state index contributed by atoms with van der Waals surface area (Å²) < 4.78 is 74.9. The molecule has 1 rings (SSSR count). The van der Waals surface area contributed by atoms with E-state index in [9.17, 15) is 31.4 Å². The molecular formula is C11H10F6O. The molecule has 0 aromatic heterocycles. The first kappa shape index (κ1) is 14.8. The Kier molecular flexibility index (Phi) is 3.95. The van der Waals surface area contributed by atoms with Gasteiger partial charge < -0.3 is 5.11 Å². The molecule has 0 aliphatic carbocycles. The molecule has 0 saturated carbocycles. The van der Waals surface area contributed by atoms with E-state index in [0.717, 1.165) is 0 Å². The van der Waals surface area contributed by atoms with Gasteiger partial charge in [0, 0.05) is 0 Å². The molecule has 1 unspecified atom stereocenters. The first-order valence-corrected chi connectivity index (χ1v) is 5.03. The Labute approximate surface area is 99.0 Å². The predicted octanol–water partition coefficient (Wildman–Crippen LogP) is 4.17. The zero-order valence-corrected chi connectivity index (χ0v) is 9.23. The van der Waals surface area contributed by atoms with E-state index in [1.54, 1.807) is 0 Å². The minimum atomic E-state index is -4.80. The van der Waals surface area contributed by atoms with Crippen molar-refractivity contribution in [2.75, 3.05) is 0 Å². The summed E-state index contributed by atoms with van der Waals surface area (Å²) >= 11 is 0. The van der Waals surface area contributed by atoms with E-state index < -0.39 is 35.1 Å². The quantitative estimate of drug-likeness (QED) is 0.801. The summed E-state index contributed by atoms with van der Waals surface area (Å²) in [5.41, 5.74) is -3.21. The molecule has 0 amide bonds. The van der Waals surface area contributed by atoms with Crippen LogP contribution >= 0.6 is 0 Å². The van der Waals surface area contributed by atoms with E-state index in [0.29, 0.717) is 18.2 Å². The van der Waals surface area contributed by atoms with Crippen LogP contribution in [0.5, 0.6) is 0 Å². The Morgan fingerprint density at radius 1 is 1.06 bits per heavy atom. The van der Waals surface area contributed by atoms with Crippen molar-refractivity contribution < 1.29 is 31.4 Å². The lowest BCUT2D eigenvalue weighted by atomic mass is 9.97. The summed E-state index contributed by atoms with van der Waals surface area (Å²) in [7, 11) is 0. The molecule has 18 heavy (non-hydrogen) atoms. The molecule has 0 spiro atoms. The third-order valence-corrected chi connectivity index (χ3v) is 2.43. The SMILES string of the molecule is CCC(O)c1cc(C(F)(F)F)ccc1C(F)(F)F. The van der Waals surface area contributed by atoms with E-state index in [1.165, 1.54) is 6.92 Å². The van der Waals surface area contributed by atoms with E-state index in [4.69, 9.17) is 0 Å². The fourth-order valence-corrected chi connectivity index (χ4v) is 1.49. The highest BCUT2D eigenvalue weighted by Gasteiger charge is 2.38. The van der Waals surface area contributed by atoms with Gasteiger partial charge in [0.05, 0.1) is 17.2 Å². The Morgan fingerprint density at radius 2 is 1.61 bits per heavy atom. The standard InChI is InChI=1S/C11H10F6O/c1-2-9(18)7-5-6(10(12,13)14)3-4-8(7)11(15,16)17/h3-5,9,18H,2H2,1H3. The number of rotatable bonds is 2. The summed E-state index contributed by atoms with van der Waals surface area (Å²) in [5.74, 6) is 0. The van der Waals surface area contributed by atoms with Gasteiger partial charge in [-0.3, -0.25) is 0 Å². The number of alkyl halides is 6. The Morgan fingerprint density at radius 3 is 2.00 bits per heavy atom. The van der Waals surface area contributed by atoms with Gasteiger partial charge in [0.1, 0.15) is 0 Å². The molecule has 102 valence electrons. The lowest BCUT2D eigenvalue weighted by molar-refractivity contribution is -0.142. The summed E-state index contributed by atoms with van der Waals surface area (Å²) in [6.45, 7) is 1.38. The second-order valence-corrected chi connectivity index (χ2v) is 3.72. The highest BCUT2D eigenvalue weighted by molar-refractivity contribution is 5.36. The van der Waals surface area contributed by atoms with Gasteiger partial charge in [-0.1, -0.05) is 6.92 Å². The average molecular weight is 272 g/mol. The summed E-state index contributed by atoms with van der Waals surface area (Å²) in [6, 6.07) is 1.04. The van der Waals surface area contributed by atoms with Crippen LogP contribution in [0, 0.1) is 0 Å². The molecule has 1 nitrogen and oxygen atoms in total. The van der Waals surface area contributed by atoms with Crippen LogP contribution in [0.3, 0.4) is 0 Å². The largest absolute Gasteiger partial charge is 0.416 e. The van der Waals surface area contributed by atoms with Crippen molar-refractivity contribution in [3.63, 3.8) is 0 Å².